The van der Waals surface area contributed by atoms with Gasteiger partial charge in [0.15, 0.2) is 5.82 Å². The Kier molecular flexibility index (Phi) is 6.16. The van der Waals surface area contributed by atoms with Crippen molar-refractivity contribution in [3.05, 3.63) is 60.7 Å². The van der Waals surface area contributed by atoms with Crippen LogP contribution in [-0.2, 0) is 0 Å². The van der Waals surface area contributed by atoms with Gasteiger partial charge in [0, 0.05) is 43.5 Å². The fourth-order valence-electron chi connectivity index (χ4n) is 3.47. The Morgan fingerprint density at radius 3 is 2.26 bits per heavy atom. The summed E-state index contributed by atoms with van der Waals surface area (Å²) in [4.78, 5) is 16.5. The van der Waals surface area contributed by atoms with Crippen LogP contribution in [-0.4, -0.2) is 61.5 Å². The molecule has 0 spiro atoms. The molecule has 0 saturated carbocycles. The number of carbonyl (C=O) groups is 1. The maximum atomic E-state index is 12.6. The lowest BCUT2D eigenvalue weighted by Gasteiger charge is -2.35. The number of methoxy groups -OCH3 is 2. The van der Waals surface area contributed by atoms with E-state index in [-0.39, 0.29) is 6.03 Å². The normalized spacial score (nSPS) is 13.6. The van der Waals surface area contributed by atoms with Crippen LogP contribution in [0.5, 0.6) is 11.5 Å². The van der Waals surface area contributed by atoms with Gasteiger partial charge >= 0.3 is 6.03 Å². The molecular weight excluding hydrogens is 394 g/mol. The van der Waals surface area contributed by atoms with Crippen molar-refractivity contribution < 1.29 is 14.3 Å². The van der Waals surface area contributed by atoms with E-state index < -0.39 is 0 Å². The zero-order valence-electron chi connectivity index (χ0n) is 17.6. The van der Waals surface area contributed by atoms with Gasteiger partial charge < -0.3 is 24.6 Å². The molecule has 2 aromatic carbocycles. The van der Waals surface area contributed by atoms with Crippen molar-refractivity contribution in [1.29, 1.82) is 0 Å². The number of urea groups is 1. The maximum Gasteiger partial charge on any atom is 0.321 e. The minimum atomic E-state index is -0.118. The van der Waals surface area contributed by atoms with Crippen LogP contribution in [0.4, 0.5) is 16.3 Å². The second-order valence-corrected chi connectivity index (χ2v) is 7.14. The van der Waals surface area contributed by atoms with Gasteiger partial charge in [0.2, 0.25) is 0 Å². The Hall–Kier alpha value is -3.81. The molecule has 0 aliphatic carbocycles. The van der Waals surface area contributed by atoms with Gasteiger partial charge in [0.1, 0.15) is 11.5 Å². The Bertz CT molecular complexity index is 1030. The van der Waals surface area contributed by atoms with Crippen molar-refractivity contribution in [2.24, 2.45) is 0 Å². The highest BCUT2D eigenvalue weighted by atomic mass is 16.5. The maximum absolute atomic E-state index is 12.6. The molecule has 1 aliphatic rings. The zero-order chi connectivity index (χ0) is 21.6. The molecule has 1 aliphatic heterocycles. The van der Waals surface area contributed by atoms with E-state index in [4.69, 9.17) is 9.47 Å². The number of hydrogen-bond donors (Lipinski definition) is 1. The molecule has 1 fully saturated rings. The summed E-state index contributed by atoms with van der Waals surface area (Å²) in [6.07, 6.45) is 0. The molecule has 1 N–H and O–H groups in total. The van der Waals surface area contributed by atoms with Gasteiger partial charge in [-0.15, -0.1) is 10.2 Å². The third-order valence-electron chi connectivity index (χ3n) is 5.23. The second kappa shape index (κ2) is 9.34. The third kappa shape index (κ3) is 4.85. The number of anilines is 2. The molecule has 0 unspecified atom stereocenters. The van der Waals surface area contributed by atoms with Gasteiger partial charge in [0.25, 0.3) is 0 Å². The van der Waals surface area contributed by atoms with Crippen LogP contribution >= 0.6 is 0 Å². The third-order valence-corrected chi connectivity index (χ3v) is 5.23. The molecule has 0 bridgehead atoms. The second-order valence-electron chi connectivity index (χ2n) is 7.14. The van der Waals surface area contributed by atoms with Crippen LogP contribution in [0.15, 0.2) is 60.7 Å². The van der Waals surface area contributed by atoms with E-state index in [0.29, 0.717) is 37.6 Å². The van der Waals surface area contributed by atoms with E-state index in [1.54, 1.807) is 25.2 Å². The number of nitrogens with one attached hydrogen (secondary N) is 1. The van der Waals surface area contributed by atoms with Gasteiger partial charge in [-0.25, -0.2) is 4.79 Å². The topological polar surface area (TPSA) is 79.8 Å². The van der Waals surface area contributed by atoms with Crippen molar-refractivity contribution in [3.63, 3.8) is 0 Å². The van der Waals surface area contributed by atoms with Crippen molar-refractivity contribution in [2.45, 2.75) is 0 Å². The van der Waals surface area contributed by atoms with Gasteiger partial charge in [0.05, 0.1) is 19.9 Å². The van der Waals surface area contributed by atoms with Gasteiger partial charge in [-0.2, -0.15) is 0 Å². The molecule has 31 heavy (non-hydrogen) atoms. The summed E-state index contributed by atoms with van der Waals surface area (Å²) >= 11 is 0. The number of nitrogens with zero attached hydrogens (tertiary/aromatic N) is 4. The van der Waals surface area contributed by atoms with E-state index >= 15 is 0 Å². The average Bonchev–Trinajstić information content (AvgIpc) is 2.84. The summed E-state index contributed by atoms with van der Waals surface area (Å²) in [5.41, 5.74) is 2.46. The molecule has 8 heteroatoms. The van der Waals surface area contributed by atoms with Gasteiger partial charge in [-0.05, 0) is 36.4 Å². The Labute approximate surface area is 181 Å². The van der Waals surface area contributed by atoms with Crippen molar-refractivity contribution in [3.8, 4) is 22.8 Å². The minimum Gasteiger partial charge on any atom is -0.497 e. The molecule has 3 aromatic rings. The first-order chi connectivity index (χ1) is 15.2. The number of amides is 2. The SMILES string of the molecule is COc1cccc(NC(=O)N2CCN(c3ccc(-c4cccc(OC)c4)nn3)CC2)c1. The lowest BCUT2D eigenvalue weighted by molar-refractivity contribution is 0.208. The quantitative estimate of drug-likeness (QED) is 0.682. The van der Waals surface area contributed by atoms with Crippen LogP contribution in [0.1, 0.15) is 0 Å². The molecule has 1 saturated heterocycles. The summed E-state index contributed by atoms with van der Waals surface area (Å²) in [5.74, 6) is 2.30. The first-order valence-corrected chi connectivity index (χ1v) is 10.1. The van der Waals surface area contributed by atoms with Crippen LogP contribution in [0.3, 0.4) is 0 Å². The van der Waals surface area contributed by atoms with E-state index in [1.807, 2.05) is 54.6 Å². The van der Waals surface area contributed by atoms with Crippen molar-refractivity contribution in [2.75, 3.05) is 50.6 Å². The fourth-order valence-corrected chi connectivity index (χ4v) is 3.47. The summed E-state index contributed by atoms with van der Waals surface area (Å²) in [6.45, 7) is 2.60. The molecule has 0 radical (unpaired) electrons. The van der Waals surface area contributed by atoms with Crippen LogP contribution in [0.2, 0.25) is 0 Å². The standard InChI is InChI=1S/C23H25N5O3/c1-30-19-7-3-5-17(15-19)21-9-10-22(26-25-21)27-11-13-28(14-12-27)23(29)24-18-6-4-8-20(16-18)31-2/h3-10,15-16H,11-14H2,1-2H3,(H,24,29). The summed E-state index contributed by atoms with van der Waals surface area (Å²) in [6, 6.07) is 18.9. The van der Waals surface area contributed by atoms with Crippen molar-refractivity contribution >= 4 is 17.5 Å². The molecule has 0 atom stereocenters. The average molecular weight is 419 g/mol. The molecule has 4 rings (SSSR count). The van der Waals surface area contributed by atoms with E-state index in [1.165, 1.54) is 0 Å². The summed E-state index contributed by atoms with van der Waals surface area (Å²) in [5, 5.41) is 11.7. The highest BCUT2D eigenvalue weighted by molar-refractivity contribution is 5.89. The monoisotopic (exact) mass is 419 g/mol. The lowest BCUT2D eigenvalue weighted by Crippen LogP contribution is -2.50. The van der Waals surface area contributed by atoms with Crippen LogP contribution in [0.25, 0.3) is 11.3 Å². The molecule has 2 heterocycles. The van der Waals surface area contributed by atoms with E-state index in [9.17, 15) is 4.79 Å². The molecule has 160 valence electrons. The Morgan fingerprint density at radius 2 is 1.58 bits per heavy atom. The molecule has 8 nitrogen and oxygen atoms in total. The first kappa shape index (κ1) is 20.5. The number of hydrogen-bond acceptors (Lipinski definition) is 6. The Balaban J connectivity index is 1.34. The highest BCUT2D eigenvalue weighted by Gasteiger charge is 2.22. The molecular formula is C23H25N5O3. The van der Waals surface area contributed by atoms with Gasteiger partial charge in [-0.3, -0.25) is 0 Å². The number of carbonyl (C=O) groups excluding carboxylic acids is 1. The minimum absolute atomic E-state index is 0.118. The van der Waals surface area contributed by atoms with Gasteiger partial charge in [-0.1, -0.05) is 18.2 Å². The Morgan fingerprint density at radius 1 is 0.871 bits per heavy atom. The fraction of sp³-hybridized carbons (Fsp3) is 0.261. The van der Waals surface area contributed by atoms with Crippen molar-refractivity contribution in [1.82, 2.24) is 15.1 Å². The number of benzene rings is 2. The highest BCUT2D eigenvalue weighted by Crippen LogP contribution is 2.23. The number of piperazine rings is 1. The first-order valence-electron chi connectivity index (χ1n) is 10.1. The largest absolute Gasteiger partial charge is 0.497 e. The molecule has 1 aromatic heterocycles. The summed E-state index contributed by atoms with van der Waals surface area (Å²) < 4.78 is 10.5. The predicted octanol–water partition coefficient (Wildman–Crippen LogP) is 3.51. The van der Waals surface area contributed by atoms with E-state index in [2.05, 4.69) is 20.4 Å². The number of aromatic nitrogens is 2. The van der Waals surface area contributed by atoms with Crippen LogP contribution < -0.4 is 19.7 Å². The number of rotatable bonds is 5. The lowest BCUT2D eigenvalue weighted by atomic mass is 10.1. The smallest absolute Gasteiger partial charge is 0.321 e. The predicted molar refractivity (Wildman–Crippen MR) is 120 cm³/mol. The van der Waals surface area contributed by atoms with Crippen LogP contribution in [0, 0.1) is 0 Å². The number of ether oxygens (including phenoxy) is 2. The zero-order valence-corrected chi connectivity index (χ0v) is 17.6. The van der Waals surface area contributed by atoms with E-state index in [0.717, 1.165) is 22.8 Å². The summed E-state index contributed by atoms with van der Waals surface area (Å²) in [7, 11) is 3.25. The molecule has 2 amide bonds.